The largest absolute Gasteiger partial charge is 0.481 e. The van der Waals surface area contributed by atoms with Gasteiger partial charge in [0.25, 0.3) is 0 Å². The number of hydrogen-bond acceptors (Lipinski definition) is 2. The van der Waals surface area contributed by atoms with Crippen LogP contribution in [-0.2, 0) is 4.79 Å². The first-order valence-electron chi connectivity index (χ1n) is 6.33. The summed E-state index contributed by atoms with van der Waals surface area (Å²) < 4.78 is 13.1. The summed E-state index contributed by atoms with van der Waals surface area (Å²) in [6.45, 7) is 3.66. The molecule has 0 aliphatic heterocycles. The third-order valence-electron chi connectivity index (χ3n) is 3.01. The fourth-order valence-corrected chi connectivity index (χ4v) is 1.70. The Morgan fingerprint density at radius 1 is 1.40 bits per heavy atom. The van der Waals surface area contributed by atoms with E-state index < -0.39 is 23.9 Å². The smallest absolute Gasteiger partial charge is 0.321 e. The first kappa shape index (κ1) is 15.9. The number of hydrogen-bond donors (Lipinski definition) is 2. The number of benzene rings is 1. The van der Waals surface area contributed by atoms with Crippen LogP contribution in [0.1, 0.15) is 20.3 Å². The van der Waals surface area contributed by atoms with Crippen molar-refractivity contribution in [2.75, 3.05) is 11.9 Å². The number of anilines is 1. The number of nitrogens with one attached hydrogen (secondary N) is 1. The van der Waals surface area contributed by atoms with Gasteiger partial charge < -0.3 is 10.4 Å². The number of urea groups is 1. The molecule has 0 spiro atoms. The van der Waals surface area contributed by atoms with Crippen LogP contribution >= 0.6 is 0 Å². The molecule has 2 N–H and O–H groups in total. The van der Waals surface area contributed by atoms with E-state index >= 15 is 0 Å². The Morgan fingerprint density at radius 3 is 2.55 bits per heavy atom. The number of carboxylic acid groups (broad SMARTS) is 1. The van der Waals surface area contributed by atoms with Gasteiger partial charge in [-0.3, -0.25) is 9.69 Å². The summed E-state index contributed by atoms with van der Waals surface area (Å²) >= 11 is 0. The molecule has 0 aromatic heterocycles. The molecule has 1 aromatic rings. The highest BCUT2D eigenvalue weighted by Gasteiger charge is 2.21. The zero-order valence-corrected chi connectivity index (χ0v) is 11.8. The maximum absolute atomic E-state index is 13.1. The van der Waals surface area contributed by atoms with Crippen LogP contribution in [0, 0.1) is 11.7 Å². The molecule has 1 rings (SSSR count). The van der Waals surface area contributed by atoms with Crippen molar-refractivity contribution < 1.29 is 19.1 Å². The van der Waals surface area contributed by atoms with Gasteiger partial charge in [-0.1, -0.05) is 19.9 Å². The monoisotopic (exact) mass is 282 g/mol. The Kier molecular flexibility index (Phi) is 5.49. The Hall–Kier alpha value is -2.11. The van der Waals surface area contributed by atoms with Gasteiger partial charge >= 0.3 is 12.0 Å². The summed E-state index contributed by atoms with van der Waals surface area (Å²) in [7, 11) is 1.50. The molecule has 5 nitrogen and oxygen atoms in total. The minimum atomic E-state index is -0.975. The molecular weight excluding hydrogens is 263 g/mol. The van der Waals surface area contributed by atoms with Gasteiger partial charge in [-0.05, 0) is 24.1 Å². The molecule has 0 saturated carbocycles. The van der Waals surface area contributed by atoms with E-state index in [2.05, 4.69) is 5.32 Å². The summed E-state index contributed by atoms with van der Waals surface area (Å²) in [6.07, 6.45) is -0.152. The predicted molar refractivity (Wildman–Crippen MR) is 74.2 cm³/mol. The van der Waals surface area contributed by atoms with E-state index in [1.54, 1.807) is 6.07 Å². The summed E-state index contributed by atoms with van der Waals surface area (Å²) in [5, 5.41) is 11.5. The van der Waals surface area contributed by atoms with Crippen LogP contribution in [0.25, 0.3) is 0 Å². The van der Waals surface area contributed by atoms with Gasteiger partial charge in [-0.25, -0.2) is 9.18 Å². The van der Waals surface area contributed by atoms with Crippen molar-refractivity contribution >= 4 is 17.7 Å². The lowest BCUT2D eigenvalue weighted by atomic mass is 10.0. The highest BCUT2D eigenvalue weighted by molar-refractivity contribution is 5.91. The second-order valence-corrected chi connectivity index (χ2v) is 4.94. The van der Waals surface area contributed by atoms with Crippen LogP contribution in [0.15, 0.2) is 24.3 Å². The van der Waals surface area contributed by atoms with E-state index in [0.29, 0.717) is 5.69 Å². The molecule has 0 aliphatic rings. The van der Waals surface area contributed by atoms with Gasteiger partial charge in [-0.2, -0.15) is 0 Å². The fourth-order valence-electron chi connectivity index (χ4n) is 1.70. The molecule has 1 aromatic carbocycles. The number of aliphatic carboxylic acids is 1. The SMILES string of the molecule is CC(C)C(CC(=O)O)NC(=O)N(C)c1cccc(F)c1. The molecule has 1 unspecified atom stereocenters. The minimum Gasteiger partial charge on any atom is -0.481 e. The molecule has 0 fully saturated rings. The zero-order chi connectivity index (χ0) is 15.3. The van der Waals surface area contributed by atoms with Crippen molar-refractivity contribution in [1.82, 2.24) is 5.32 Å². The second kappa shape index (κ2) is 6.88. The summed E-state index contributed by atoms with van der Waals surface area (Å²) in [4.78, 5) is 24.1. The molecule has 6 heteroatoms. The summed E-state index contributed by atoms with van der Waals surface area (Å²) in [5.41, 5.74) is 0.403. The second-order valence-electron chi connectivity index (χ2n) is 4.94. The van der Waals surface area contributed by atoms with E-state index in [9.17, 15) is 14.0 Å². The third-order valence-corrected chi connectivity index (χ3v) is 3.01. The van der Waals surface area contributed by atoms with Gasteiger partial charge in [0.1, 0.15) is 5.82 Å². The topological polar surface area (TPSA) is 69.6 Å². The summed E-state index contributed by atoms with van der Waals surface area (Å²) in [5.74, 6) is -1.43. The van der Waals surface area contributed by atoms with Gasteiger partial charge in [0.15, 0.2) is 0 Å². The van der Waals surface area contributed by atoms with E-state index in [1.807, 2.05) is 13.8 Å². The number of halogens is 1. The number of nitrogens with zero attached hydrogens (tertiary/aromatic N) is 1. The van der Waals surface area contributed by atoms with Gasteiger partial charge in [-0.15, -0.1) is 0 Å². The van der Waals surface area contributed by atoms with Crippen LogP contribution < -0.4 is 10.2 Å². The van der Waals surface area contributed by atoms with Crippen molar-refractivity contribution in [3.63, 3.8) is 0 Å². The van der Waals surface area contributed by atoms with E-state index in [4.69, 9.17) is 5.11 Å². The molecule has 0 heterocycles. The van der Waals surface area contributed by atoms with E-state index in [1.165, 1.54) is 30.1 Å². The number of rotatable bonds is 5. The van der Waals surface area contributed by atoms with Crippen molar-refractivity contribution in [1.29, 1.82) is 0 Å². The quantitative estimate of drug-likeness (QED) is 0.871. The van der Waals surface area contributed by atoms with Crippen molar-refractivity contribution in [2.45, 2.75) is 26.3 Å². The molecule has 0 aliphatic carbocycles. The van der Waals surface area contributed by atoms with Crippen molar-refractivity contribution in [3.8, 4) is 0 Å². The first-order chi connectivity index (χ1) is 9.31. The summed E-state index contributed by atoms with van der Waals surface area (Å²) in [6, 6.07) is 4.69. The molecule has 1 atom stereocenters. The molecular formula is C14H19FN2O3. The fraction of sp³-hybridized carbons (Fsp3) is 0.429. The molecule has 0 saturated heterocycles. The first-order valence-corrected chi connectivity index (χ1v) is 6.33. The van der Waals surface area contributed by atoms with Crippen LogP contribution in [0.4, 0.5) is 14.9 Å². The van der Waals surface area contributed by atoms with Crippen LogP contribution in [0.5, 0.6) is 0 Å². The Morgan fingerprint density at radius 2 is 2.05 bits per heavy atom. The van der Waals surface area contributed by atoms with Crippen LogP contribution in [0.3, 0.4) is 0 Å². The molecule has 0 radical (unpaired) electrons. The van der Waals surface area contributed by atoms with Gasteiger partial charge in [0.05, 0.1) is 6.42 Å². The maximum Gasteiger partial charge on any atom is 0.321 e. The standard InChI is InChI=1S/C14H19FN2O3/c1-9(2)12(8-13(18)19)16-14(20)17(3)11-6-4-5-10(15)7-11/h4-7,9,12H,8H2,1-3H3,(H,16,20)(H,18,19). The van der Waals surface area contributed by atoms with Crippen LogP contribution in [0.2, 0.25) is 0 Å². The van der Waals surface area contributed by atoms with Crippen molar-refractivity contribution in [3.05, 3.63) is 30.1 Å². The normalized spacial score (nSPS) is 12.1. The number of carboxylic acids is 1. The predicted octanol–water partition coefficient (Wildman–Crippen LogP) is 2.47. The molecule has 2 amide bonds. The number of carbonyl (C=O) groups is 2. The maximum atomic E-state index is 13.1. The minimum absolute atomic E-state index is 0.0176. The Balaban J connectivity index is 2.75. The lowest BCUT2D eigenvalue weighted by Gasteiger charge is -2.25. The Labute approximate surface area is 117 Å². The van der Waals surface area contributed by atoms with Crippen LogP contribution in [-0.4, -0.2) is 30.2 Å². The highest BCUT2D eigenvalue weighted by atomic mass is 19.1. The highest BCUT2D eigenvalue weighted by Crippen LogP contribution is 2.15. The average molecular weight is 282 g/mol. The molecule has 110 valence electrons. The van der Waals surface area contributed by atoms with Gasteiger partial charge in [0.2, 0.25) is 0 Å². The van der Waals surface area contributed by atoms with Gasteiger partial charge in [0, 0.05) is 18.8 Å². The van der Waals surface area contributed by atoms with E-state index in [-0.39, 0.29) is 12.3 Å². The van der Waals surface area contributed by atoms with E-state index in [0.717, 1.165) is 0 Å². The molecule has 20 heavy (non-hydrogen) atoms. The lowest BCUT2D eigenvalue weighted by Crippen LogP contribution is -2.46. The third kappa shape index (κ3) is 4.53. The molecule has 0 bridgehead atoms. The average Bonchev–Trinajstić information content (AvgIpc) is 2.36. The van der Waals surface area contributed by atoms with Crippen molar-refractivity contribution in [2.24, 2.45) is 5.92 Å². The number of carbonyl (C=O) groups excluding carboxylic acids is 1. The Bertz CT molecular complexity index is 491. The number of amides is 2. The lowest BCUT2D eigenvalue weighted by molar-refractivity contribution is -0.137. The zero-order valence-electron chi connectivity index (χ0n) is 11.8.